The Morgan fingerprint density at radius 1 is 1.40 bits per heavy atom. The van der Waals surface area contributed by atoms with Crippen LogP contribution in [0.15, 0.2) is 4.34 Å². The number of rotatable bonds is 6. The van der Waals surface area contributed by atoms with Gasteiger partial charge in [0.05, 0.1) is 12.1 Å². The van der Waals surface area contributed by atoms with Crippen LogP contribution in [-0.2, 0) is 11.2 Å². The lowest BCUT2D eigenvalue weighted by molar-refractivity contribution is -0.136. The summed E-state index contributed by atoms with van der Waals surface area (Å²) in [4.78, 5) is 20.9. The number of carbonyl (C=O) groups is 1. The number of thiazole rings is 1. The van der Waals surface area contributed by atoms with E-state index >= 15 is 0 Å². The normalized spacial score (nSPS) is 17.5. The van der Waals surface area contributed by atoms with Gasteiger partial charge in [-0.15, -0.1) is 11.3 Å². The van der Waals surface area contributed by atoms with Gasteiger partial charge in [0.25, 0.3) is 0 Å². The minimum absolute atomic E-state index is 0.0858. The van der Waals surface area contributed by atoms with Crippen LogP contribution in [0, 0.1) is 6.92 Å². The number of aryl methyl sites for hydroxylation is 1. The predicted octanol–water partition coefficient (Wildman–Crippen LogP) is 1.42. The standard InChI is InChI=1S/C13H21N3O2S2/c1-10-11(9-12(17)18)20-13(14-10)19-8-7-16-5-3-15(2)4-6-16/h3-9H2,1-2H3,(H,17,18). The molecule has 0 spiro atoms. The van der Waals surface area contributed by atoms with Gasteiger partial charge in [-0.1, -0.05) is 11.8 Å². The van der Waals surface area contributed by atoms with E-state index in [9.17, 15) is 4.79 Å². The monoisotopic (exact) mass is 315 g/mol. The van der Waals surface area contributed by atoms with Crippen molar-refractivity contribution in [3.63, 3.8) is 0 Å². The van der Waals surface area contributed by atoms with E-state index in [1.165, 1.54) is 11.3 Å². The molecular weight excluding hydrogens is 294 g/mol. The number of hydrogen-bond donors (Lipinski definition) is 1. The van der Waals surface area contributed by atoms with Gasteiger partial charge in [0.1, 0.15) is 4.34 Å². The molecule has 0 aliphatic carbocycles. The average Bonchev–Trinajstić information content (AvgIpc) is 2.72. The minimum atomic E-state index is -0.786. The first-order valence-electron chi connectivity index (χ1n) is 6.76. The first kappa shape index (κ1) is 15.8. The van der Waals surface area contributed by atoms with Crippen molar-refractivity contribution in [2.75, 3.05) is 45.5 Å². The molecule has 0 amide bonds. The van der Waals surface area contributed by atoms with E-state index in [1.54, 1.807) is 11.8 Å². The van der Waals surface area contributed by atoms with Gasteiger partial charge in [0, 0.05) is 43.4 Å². The second kappa shape index (κ2) is 7.40. The second-order valence-corrected chi connectivity index (χ2v) is 7.48. The maximum atomic E-state index is 10.7. The lowest BCUT2D eigenvalue weighted by atomic mass is 10.3. The maximum Gasteiger partial charge on any atom is 0.308 e. The molecule has 1 aliphatic rings. The molecular formula is C13H21N3O2S2. The topological polar surface area (TPSA) is 56.7 Å². The summed E-state index contributed by atoms with van der Waals surface area (Å²) in [5, 5.41) is 8.83. The average molecular weight is 315 g/mol. The van der Waals surface area contributed by atoms with Gasteiger partial charge in [-0.3, -0.25) is 9.69 Å². The van der Waals surface area contributed by atoms with Gasteiger partial charge in [0.15, 0.2) is 0 Å². The summed E-state index contributed by atoms with van der Waals surface area (Å²) in [5.74, 6) is 0.231. The summed E-state index contributed by atoms with van der Waals surface area (Å²) in [6, 6.07) is 0. The molecule has 2 rings (SSSR count). The smallest absolute Gasteiger partial charge is 0.308 e. The van der Waals surface area contributed by atoms with Crippen LogP contribution in [0.4, 0.5) is 0 Å². The fourth-order valence-corrected chi connectivity index (χ4v) is 4.39. The van der Waals surface area contributed by atoms with E-state index in [-0.39, 0.29) is 6.42 Å². The number of hydrogen-bond acceptors (Lipinski definition) is 6. The van der Waals surface area contributed by atoms with Crippen molar-refractivity contribution in [1.82, 2.24) is 14.8 Å². The predicted molar refractivity (Wildman–Crippen MR) is 82.9 cm³/mol. The minimum Gasteiger partial charge on any atom is -0.481 e. The Labute approximate surface area is 128 Å². The van der Waals surface area contributed by atoms with Gasteiger partial charge in [-0.05, 0) is 14.0 Å². The molecule has 0 aromatic carbocycles. The number of aromatic nitrogens is 1. The zero-order valence-corrected chi connectivity index (χ0v) is 13.6. The molecule has 1 aromatic rings. The highest BCUT2D eigenvalue weighted by Crippen LogP contribution is 2.27. The summed E-state index contributed by atoms with van der Waals surface area (Å²) < 4.78 is 0.993. The van der Waals surface area contributed by atoms with E-state index < -0.39 is 5.97 Å². The third kappa shape index (κ3) is 4.73. The Morgan fingerprint density at radius 3 is 2.75 bits per heavy atom. The number of carboxylic acids is 1. The van der Waals surface area contributed by atoms with Gasteiger partial charge in [-0.2, -0.15) is 0 Å². The van der Waals surface area contributed by atoms with Crippen molar-refractivity contribution in [2.24, 2.45) is 0 Å². The number of thioether (sulfide) groups is 1. The van der Waals surface area contributed by atoms with E-state index in [0.29, 0.717) is 0 Å². The molecule has 0 atom stereocenters. The Bertz CT molecular complexity index is 456. The molecule has 5 nitrogen and oxygen atoms in total. The van der Waals surface area contributed by atoms with Gasteiger partial charge in [0.2, 0.25) is 0 Å². The Hall–Kier alpha value is -0.630. The van der Waals surface area contributed by atoms with Crippen molar-refractivity contribution in [3.8, 4) is 0 Å². The Morgan fingerprint density at radius 2 is 2.10 bits per heavy atom. The SMILES string of the molecule is Cc1nc(SCCN2CCN(C)CC2)sc1CC(=O)O. The summed E-state index contributed by atoms with van der Waals surface area (Å²) in [7, 11) is 2.16. The third-order valence-corrected chi connectivity index (χ3v) is 5.69. The number of piperazine rings is 1. The molecule has 1 saturated heterocycles. The molecule has 1 aromatic heterocycles. The molecule has 1 fully saturated rings. The largest absolute Gasteiger partial charge is 0.481 e. The van der Waals surface area contributed by atoms with Crippen molar-refractivity contribution in [3.05, 3.63) is 10.6 Å². The van der Waals surface area contributed by atoms with E-state index in [1.807, 2.05) is 6.92 Å². The lowest BCUT2D eigenvalue weighted by Crippen LogP contribution is -2.45. The van der Waals surface area contributed by atoms with Crippen LogP contribution in [0.25, 0.3) is 0 Å². The first-order valence-corrected chi connectivity index (χ1v) is 8.56. The van der Waals surface area contributed by atoms with Crippen molar-refractivity contribution < 1.29 is 9.90 Å². The Balaban J connectivity index is 1.75. The van der Waals surface area contributed by atoms with E-state index in [4.69, 9.17) is 5.11 Å². The first-order chi connectivity index (χ1) is 9.54. The number of likely N-dealkylation sites (N-methyl/N-ethyl adjacent to an activating group) is 1. The molecule has 20 heavy (non-hydrogen) atoms. The quantitative estimate of drug-likeness (QED) is 0.801. The summed E-state index contributed by atoms with van der Waals surface area (Å²) in [6.07, 6.45) is 0.0858. The summed E-state index contributed by atoms with van der Waals surface area (Å²) in [5.41, 5.74) is 0.861. The molecule has 2 heterocycles. The highest BCUT2D eigenvalue weighted by atomic mass is 32.2. The molecule has 7 heteroatoms. The zero-order chi connectivity index (χ0) is 14.5. The molecule has 0 radical (unpaired) electrons. The second-order valence-electron chi connectivity index (χ2n) is 5.05. The summed E-state index contributed by atoms with van der Waals surface area (Å²) >= 11 is 3.26. The van der Waals surface area contributed by atoms with Gasteiger partial charge >= 0.3 is 5.97 Å². The van der Waals surface area contributed by atoms with Crippen LogP contribution in [0.1, 0.15) is 10.6 Å². The molecule has 0 saturated carbocycles. The summed E-state index contributed by atoms with van der Waals surface area (Å²) in [6.45, 7) is 7.52. The van der Waals surface area contributed by atoms with Crippen LogP contribution in [0.3, 0.4) is 0 Å². The van der Waals surface area contributed by atoms with Crippen LogP contribution < -0.4 is 0 Å². The highest BCUT2D eigenvalue weighted by Gasteiger charge is 2.14. The van der Waals surface area contributed by atoms with Crippen molar-refractivity contribution in [2.45, 2.75) is 17.7 Å². The van der Waals surface area contributed by atoms with Crippen LogP contribution in [0.2, 0.25) is 0 Å². The molecule has 0 unspecified atom stereocenters. The molecule has 0 bridgehead atoms. The van der Waals surface area contributed by atoms with Crippen LogP contribution in [0.5, 0.6) is 0 Å². The third-order valence-electron chi connectivity index (χ3n) is 3.41. The molecule has 1 N–H and O–H groups in total. The molecule has 1 aliphatic heterocycles. The maximum absolute atomic E-state index is 10.7. The van der Waals surface area contributed by atoms with E-state index in [0.717, 1.165) is 53.4 Å². The lowest BCUT2D eigenvalue weighted by Gasteiger charge is -2.32. The van der Waals surface area contributed by atoms with Crippen molar-refractivity contribution >= 4 is 29.1 Å². The van der Waals surface area contributed by atoms with Gasteiger partial charge < -0.3 is 10.0 Å². The fourth-order valence-electron chi connectivity index (χ4n) is 2.10. The van der Waals surface area contributed by atoms with Gasteiger partial charge in [-0.25, -0.2) is 4.98 Å². The van der Waals surface area contributed by atoms with Crippen LogP contribution >= 0.6 is 23.1 Å². The fraction of sp³-hybridized carbons (Fsp3) is 0.692. The Kier molecular flexibility index (Phi) is 5.83. The van der Waals surface area contributed by atoms with E-state index in [2.05, 4.69) is 21.8 Å². The highest BCUT2D eigenvalue weighted by molar-refractivity contribution is 8.01. The zero-order valence-electron chi connectivity index (χ0n) is 12.0. The van der Waals surface area contributed by atoms with Crippen molar-refractivity contribution in [1.29, 1.82) is 0 Å². The number of carboxylic acid groups (broad SMARTS) is 1. The molecule has 112 valence electrons. The number of aliphatic carboxylic acids is 1. The van der Waals surface area contributed by atoms with Crippen LogP contribution in [-0.4, -0.2) is 71.4 Å². The number of nitrogens with zero attached hydrogens (tertiary/aromatic N) is 3.